The van der Waals surface area contributed by atoms with Crippen molar-refractivity contribution in [3.63, 3.8) is 0 Å². The Morgan fingerprint density at radius 3 is 2.72 bits per heavy atom. The molecule has 0 spiro atoms. The van der Waals surface area contributed by atoms with Gasteiger partial charge in [-0.05, 0) is 23.8 Å². The molecule has 0 saturated heterocycles. The van der Waals surface area contributed by atoms with Gasteiger partial charge >= 0.3 is 5.69 Å². The van der Waals surface area contributed by atoms with Crippen molar-refractivity contribution in [2.24, 2.45) is 14.1 Å². The zero-order valence-electron chi connectivity index (χ0n) is 13.8. The molecule has 130 valence electrons. The second kappa shape index (κ2) is 6.68. The zero-order valence-corrected chi connectivity index (χ0v) is 13.8. The molecule has 0 atom stereocenters. The minimum absolute atomic E-state index is 0.0755. The van der Waals surface area contributed by atoms with Gasteiger partial charge in [0.1, 0.15) is 0 Å². The van der Waals surface area contributed by atoms with E-state index < -0.39 is 11.2 Å². The van der Waals surface area contributed by atoms with Crippen LogP contribution in [0.4, 0.5) is 0 Å². The number of fused-ring (bicyclic) bond motifs is 1. The molecule has 25 heavy (non-hydrogen) atoms. The number of rotatable bonds is 4. The third kappa shape index (κ3) is 3.47. The van der Waals surface area contributed by atoms with Gasteiger partial charge in [-0.2, -0.15) is 0 Å². The third-order valence-electron chi connectivity index (χ3n) is 3.89. The van der Waals surface area contributed by atoms with Crippen molar-refractivity contribution in [1.29, 1.82) is 0 Å². The van der Waals surface area contributed by atoms with Crippen LogP contribution < -0.4 is 26.0 Å². The number of hydrogen-bond acceptors (Lipinski definition) is 5. The summed E-state index contributed by atoms with van der Waals surface area (Å²) in [5.41, 5.74) is 0.370. The van der Waals surface area contributed by atoms with E-state index in [2.05, 4.69) is 5.32 Å². The summed E-state index contributed by atoms with van der Waals surface area (Å²) in [6.07, 6.45) is 3.01. The predicted molar refractivity (Wildman–Crippen MR) is 90.4 cm³/mol. The molecule has 0 bridgehead atoms. The Balaban J connectivity index is 1.66. The number of carbonyl (C=O) groups excluding carboxylic acids is 1. The van der Waals surface area contributed by atoms with Crippen LogP contribution in [0, 0.1) is 0 Å². The second-order valence-electron chi connectivity index (χ2n) is 5.54. The van der Waals surface area contributed by atoms with Crippen molar-refractivity contribution >= 4 is 12.0 Å². The molecule has 0 radical (unpaired) electrons. The minimum atomic E-state index is -0.437. The normalized spacial score (nSPS) is 12.6. The molecule has 8 heteroatoms. The van der Waals surface area contributed by atoms with Crippen LogP contribution in [-0.4, -0.2) is 21.8 Å². The first-order valence-electron chi connectivity index (χ1n) is 7.57. The van der Waals surface area contributed by atoms with E-state index in [0.29, 0.717) is 17.2 Å². The Labute approximate surface area is 142 Å². The van der Waals surface area contributed by atoms with Gasteiger partial charge in [0, 0.05) is 31.9 Å². The van der Waals surface area contributed by atoms with Gasteiger partial charge in [0.2, 0.25) is 12.7 Å². The largest absolute Gasteiger partial charge is 0.454 e. The van der Waals surface area contributed by atoms with Crippen LogP contribution in [-0.2, 0) is 25.4 Å². The second-order valence-corrected chi connectivity index (χ2v) is 5.54. The number of amides is 1. The Bertz CT molecular complexity index is 971. The lowest BCUT2D eigenvalue weighted by Gasteiger charge is -2.09. The van der Waals surface area contributed by atoms with Crippen LogP contribution in [0.2, 0.25) is 0 Å². The first kappa shape index (κ1) is 16.6. The van der Waals surface area contributed by atoms with Gasteiger partial charge in [0.25, 0.3) is 5.56 Å². The molecule has 3 rings (SSSR count). The molecular formula is C17H17N3O5. The highest BCUT2D eigenvalue weighted by atomic mass is 16.7. The van der Waals surface area contributed by atoms with Crippen molar-refractivity contribution < 1.29 is 14.3 Å². The van der Waals surface area contributed by atoms with Crippen LogP contribution in [0.1, 0.15) is 11.3 Å². The van der Waals surface area contributed by atoms with Gasteiger partial charge in [-0.15, -0.1) is 0 Å². The molecule has 2 aromatic rings. The summed E-state index contributed by atoms with van der Waals surface area (Å²) < 4.78 is 12.8. The number of nitrogens with zero attached hydrogens (tertiary/aromatic N) is 2. The fourth-order valence-electron chi connectivity index (χ4n) is 2.37. The van der Waals surface area contributed by atoms with Crippen molar-refractivity contribution in [2.75, 3.05) is 6.79 Å². The quantitative estimate of drug-likeness (QED) is 0.798. The lowest BCUT2D eigenvalue weighted by molar-refractivity contribution is -0.116. The molecule has 1 aromatic carbocycles. The van der Waals surface area contributed by atoms with Crippen molar-refractivity contribution in [3.05, 3.63) is 62.4 Å². The maximum atomic E-state index is 11.9. The number of hydrogen-bond donors (Lipinski definition) is 1. The molecule has 0 aliphatic carbocycles. The number of carbonyl (C=O) groups is 1. The summed E-state index contributed by atoms with van der Waals surface area (Å²) in [5.74, 6) is 0.969. The average molecular weight is 343 g/mol. The monoisotopic (exact) mass is 343 g/mol. The predicted octanol–water partition coefficient (Wildman–Crippen LogP) is 0.142. The first-order valence-corrected chi connectivity index (χ1v) is 7.57. The molecule has 0 fully saturated rings. The maximum Gasteiger partial charge on any atom is 0.330 e. The Hall–Kier alpha value is -3.29. The van der Waals surface area contributed by atoms with Gasteiger partial charge in [0.15, 0.2) is 11.5 Å². The van der Waals surface area contributed by atoms with E-state index in [0.717, 1.165) is 10.1 Å². The third-order valence-corrected chi connectivity index (χ3v) is 3.89. The van der Waals surface area contributed by atoms with E-state index in [1.54, 1.807) is 25.3 Å². The number of benzene rings is 1. The average Bonchev–Trinajstić information content (AvgIpc) is 3.07. The molecule has 0 unspecified atom stereocenters. The van der Waals surface area contributed by atoms with Crippen LogP contribution in [0.5, 0.6) is 11.5 Å². The molecule has 1 amide bonds. The standard InChI is InChI=1S/C17H17N3O5/c1-19-12(8-16(22)20(2)17(19)23)9-18-15(21)6-4-11-3-5-13-14(7-11)25-10-24-13/h3-8H,9-10H2,1-2H3,(H,18,21)/b6-4+. The fourth-order valence-corrected chi connectivity index (χ4v) is 2.37. The van der Waals surface area contributed by atoms with Crippen molar-refractivity contribution in [3.8, 4) is 11.5 Å². The Morgan fingerprint density at radius 1 is 1.16 bits per heavy atom. The molecular weight excluding hydrogens is 326 g/mol. The summed E-state index contributed by atoms with van der Waals surface area (Å²) >= 11 is 0. The van der Waals surface area contributed by atoms with Gasteiger partial charge in [-0.25, -0.2) is 4.79 Å². The molecule has 1 N–H and O–H groups in total. The van der Waals surface area contributed by atoms with Crippen LogP contribution in [0.3, 0.4) is 0 Å². The van der Waals surface area contributed by atoms with Crippen molar-refractivity contribution in [2.45, 2.75) is 6.54 Å². The molecule has 1 aromatic heterocycles. The van der Waals surface area contributed by atoms with E-state index in [1.807, 2.05) is 6.07 Å². The maximum absolute atomic E-state index is 11.9. The Kier molecular flexibility index (Phi) is 4.42. The number of ether oxygens (including phenoxy) is 2. The van der Waals surface area contributed by atoms with E-state index in [9.17, 15) is 14.4 Å². The highest BCUT2D eigenvalue weighted by Gasteiger charge is 2.12. The van der Waals surface area contributed by atoms with Gasteiger partial charge < -0.3 is 14.8 Å². The zero-order chi connectivity index (χ0) is 18.0. The van der Waals surface area contributed by atoms with Crippen LogP contribution >= 0.6 is 0 Å². The topological polar surface area (TPSA) is 91.6 Å². The molecule has 1 aliphatic rings. The van der Waals surface area contributed by atoms with Crippen LogP contribution in [0.15, 0.2) is 39.9 Å². The molecule has 1 aliphatic heterocycles. The van der Waals surface area contributed by atoms with Gasteiger partial charge in [0.05, 0.1) is 6.54 Å². The number of aromatic nitrogens is 2. The minimum Gasteiger partial charge on any atom is -0.454 e. The van der Waals surface area contributed by atoms with E-state index in [4.69, 9.17) is 9.47 Å². The van der Waals surface area contributed by atoms with E-state index in [1.165, 1.54) is 23.8 Å². The highest BCUT2D eigenvalue weighted by molar-refractivity contribution is 5.91. The first-order chi connectivity index (χ1) is 12.0. The smallest absolute Gasteiger partial charge is 0.330 e. The SMILES string of the molecule is Cn1c(CNC(=O)/C=C/c2ccc3c(c2)OCO3)cc(=O)n(C)c1=O. The summed E-state index contributed by atoms with van der Waals surface area (Å²) in [5, 5.41) is 2.65. The Morgan fingerprint density at radius 2 is 1.92 bits per heavy atom. The van der Waals surface area contributed by atoms with Crippen molar-refractivity contribution in [1.82, 2.24) is 14.5 Å². The molecule has 8 nitrogen and oxygen atoms in total. The highest BCUT2D eigenvalue weighted by Crippen LogP contribution is 2.32. The summed E-state index contributed by atoms with van der Waals surface area (Å²) in [4.78, 5) is 35.4. The van der Waals surface area contributed by atoms with Crippen LogP contribution in [0.25, 0.3) is 6.08 Å². The summed E-state index contributed by atoms with van der Waals surface area (Å²) in [6, 6.07) is 6.68. The van der Waals surface area contributed by atoms with Gasteiger partial charge in [-0.1, -0.05) is 6.07 Å². The van der Waals surface area contributed by atoms with Gasteiger partial charge in [-0.3, -0.25) is 18.7 Å². The summed E-state index contributed by atoms with van der Waals surface area (Å²) in [6.45, 7) is 0.268. The lowest BCUT2D eigenvalue weighted by atomic mass is 10.2. The van der Waals surface area contributed by atoms with E-state index >= 15 is 0 Å². The fraction of sp³-hybridized carbons (Fsp3) is 0.235. The lowest BCUT2D eigenvalue weighted by Crippen LogP contribution is -2.39. The summed E-state index contributed by atoms with van der Waals surface area (Å²) in [7, 11) is 2.95. The number of nitrogens with one attached hydrogen (secondary N) is 1. The molecule has 0 saturated carbocycles. The molecule has 2 heterocycles. The van der Waals surface area contributed by atoms with E-state index in [-0.39, 0.29) is 19.2 Å².